The van der Waals surface area contributed by atoms with Crippen LogP contribution in [-0.4, -0.2) is 265 Å². The number of carboxylic acid groups (broad SMARTS) is 2. The number of carboxylic acids is 2. The second kappa shape index (κ2) is 50.5. The molecule has 47 nitrogen and oxygen atoms in total. The molecule has 0 aromatic carbocycles. The minimum atomic E-state index is -2.04. The van der Waals surface area contributed by atoms with Crippen molar-refractivity contribution in [1.29, 1.82) is 0 Å². The smallest absolute Gasteiger partial charge is 0.328 e. The van der Waals surface area contributed by atoms with Crippen molar-refractivity contribution >= 4 is 124 Å². The van der Waals surface area contributed by atoms with Crippen LogP contribution in [0.25, 0.3) is 0 Å². The number of nitrogens with zero attached hydrogens (tertiary/aromatic N) is 1. The number of aliphatic hydroxyl groups excluding tert-OH is 3. The highest BCUT2D eigenvalue weighted by molar-refractivity contribution is 6.02. The van der Waals surface area contributed by atoms with Gasteiger partial charge < -0.3 is 140 Å². The van der Waals surface area contributed by atoms with Crippen molar-refractivity contribution < 1.29 is 121 Å². The Kier molecular flexibility index (Phi) is 45.4. The van der Waals surface area contributed by atoms with E-state index in [0.29, 0.717) is 0 Å². The number of rotatable bonds is 54. The highest BCUT2D eigenvalue weighted by Crippen LogP contribution is 2.14. The number of carbonyl (C=O) groups is 20. The molecule has 0 fully saturated rings. The van der Waals surface area contributed by atoms with E-state index in [0.717, 1.165) is 20.8 Å². The lowest BCUT2D eigenvalue weighted by atomic mass is 10.0. The van der Waals surface area contributed by atoms with Crippen molar-refractivity contribution in [2.45, 2.75) is 269 Å². The molecule has 0 aliphatic heterocycles. The van der Waals surface area contributed by atoms with Crippen molar-refractivity contribution in [1.82, 2.24) is 74.4 Å². The molecule has 0 spiro atoms. The minimum absolute atomic E-state index is 0.0353. The molecule has 18 atom stereocenters. The Morgan fingerprint density at radius 1 is 0.298 bits per heavy atom. The summed E-state index contributed by atoms with van der Waals surface area (Å²) in [5, 5.41) is 81.1. The van der Waals surface area contributed by atoms with E-state index < -0.39 is 290 Å². The second-order valence-electron chi connectivity index (χ2n) is 28.6. The maximum Gasteiger partial charge on any atom is 0.328 e. The van der Waals surface area contributed by atoms with Gasteiger partial charge in [-0.05, 0) is 104 Å². The third-order valence-electron chi connectivity index (χ3n) is 16.5. The zero-order valence-corrected chi connectivity index (χ0v) is 65.7. The van der Waals surface area contributed by atoms with Gasteiger partial charge in [-0.1, -0.05) is 41.5 Å². The van der Waals surface area contributed by atoms with E-state index in [4.69, 9.17) is 40.1 Å². The van der Waals surface area contributed by atoms with Gasteiger partial charge in [-0.2, -0.15) is 0 Å². The second-order valence-corrected chi connectivity index (χ2v) is 28.6. The van der Waals surface area contributed by atoms with Gasteiger partial charge in [0, 0.05) is 19.4 Å². The predicted molar refractivity (Wildman–Crippen MR) is 400 cm³/mol. The number of amides is 18. The average molecular weight is 1630 g/mol. The number of hydrogen-bond acceptors (Lipinski definition) is 25. The van der Waals surface area contributed by atoms with Crippen molar-refractivity contribution in [3.8, 4) is 0 Å². The van der Waals surface area contributed by atoms with Crippen LogP contribution in [0.3, 0.4) is 0 Å². The van der Waals surface area contributed by atoms with Crippen LogP contribution in [0.4, 0.5) is 0 Å². The first kappa shape index (κ1) is 103. The molecular formula is C67H116N22O25. The van der Waals surface area contributed by atoms with Crippen molar-refractivity contribution in [2.75, 3.05) is 6.54 Å². The highest BCUT2D eigenvalue weighted by atomic mass is 16.4. The molecule has 0 unspecified atom stereocenters. The molecule has 644 valence electrons. The lowest BCUT2D eigenvalue weighted by Crippen LogP contribution is -2.62. The number of nitrogens with one attached hydrogen (secondary N) is 14. The van der Waals surface area contributed by atoms with Crippen LogP contribution in [0.5, 0.6) is 0 Å². The average Bonchev–Trinajstić information content (AvgIpc) is 0.856. The number of nitrogens with two attached hydrogens (primary N) is 7. The maximum atomic E-state index is 14.3. The Labute approximate surface area is 656 Å². The first-order chi connectivity index (χ1) is 52.7. The zero-order chi connectivity index (χ0) is 88.0. The van der Waals surface area contributed by atoms with Gasteiger partial charge in [0.2, 0.25) is 106 Å². The molecule has 0 saturated heterocycles. The van der Waals surface area contributed by atoms with Crippen LogP contribution in [0.15, 0.2) is 4.99 Å². The molecule has 0 aliphatic carbocycles. The molecule has 114 heavy (non-hydrogen) atoms. The standard InChI is InChI=1S/C67H116N22O25/c1-26(2)20-38(58(105)76-29(7)52(99)79-35(14-13-19-75-67(73)74)57(104)89-51(34(12)92)66(113)114)84-62(109)42(24-46(70)95)85-55(102)36(15-17-44(68)93)80-60(107)39(21-27(3)4)82-53(100)30(8)77-59(106)41(23-45(69)94)86-63(110)43(25-47(71)96)87-61(108)40(22-28(5)6)83-56(103)37(16-18-48(97)98)81-65(112)50(33(11)91)88-54(101)31(9)78-64(111)49(72)32(10)90/h26-43,49-51,90-92H,13-25,72H2,1-12H3,(H2,68,93)(H2,69,94)(H2,70,95)(H2,71,96)(H,76,105)(H,77,106)(H,78,111)(H,79,99)(H,80,107)(H,81,112)(H,82,100)(H,83,103)(H,84,109)(H,85,102)(H,86,110)(H,87,108)(H,88,101)(H,89,104)(H,97,98)(H,113,114)(H4,73,74,75)/t29-,30-,31-,32+,33+,34+,35-,36-,37-,38-,39-,40-,41-,42-,43-,49-,50-,51-/m0/s1. The van der Waals surface area contributed by atoms with Crippen LogP contribution >= 0.6 is 0 Å². The summed E-state index contributed by atoms with van der Waals surface area (Å²) in [5.74, 6) is -25.7. The van der Waals surface area contributed by atoms with Crippen LogP contribution in [0.1, 0.15) is 160 Å². The van der Waals surface area contributed by atoms with Crippen LogP contribution in [-0.2, 0) is 95.9 Å². The zero-order valence-electron chi connectivity index (χ0n) is 65.7. The molecule has 0 rings (SSSR count). The molecule has 47 heteroatoms. The predicted octanol–water partition coefficient (Wildman–Crippen LogP) is -11.7. The van der Waals surface area contributed by atoms with Crippen LogP contribution in [0.2, 0.25) is 0 Å². The maximum absolute atomic E-state index is 14.3. The summed E-state index contributed by atoms with van der Waals surface area (Å²) in [6, 6.07) is -25.8. The number of aliphatic imine (C=N–C) groups is 1. The lowest BCUT2D eigenvalue weighted by Gasteiger charge is -2.28. The molecular weight excluding hydrogens is 1510 g/mol. The largest absolute Gasteiger partial charge is 0.481 e. The Hall–Kier alpha value is -11.5. The molecule has 0 aliphatic rings. The normalized spacial score (nSPS) is 15.9. The summed E-state index contributed by atoms with van der Waals surface area (Å²) in [6.45, 7) is 16.4. The van der Waals surface area contributed by atoms with Crippen molar-refractivity contribution in [3.63, 3.8) is 0 Å². The van der Waals surface area contributed by atoms with Gasteiger partial charge in [0.05, 0.1) is 37.6 Å². The molecule has 0 radical (unpaired) electrons. The number of hydrogen-bond donors (Lipinski definition) is 26. The van der Waals surface area contributed by atoms with Gasteiger partial charge in [0.25, 0.3) is 0 Å². The number of aliphatic hydroxyl groups is 3. The Balaban J connectivity index is 6.93. The highest BCUT2D eigenvalue weighted by Gasteiger charge is 2.40. The monoisotopic (exact) mass is 1630 g/mol. The van der Waals surface area contributed by atoms with E-state index >= 15 is 0 Å². The summed E-state index contributed by atoms with van der Waals surface area (Å²) >= 11 is 0. The number of carbonyl (C=O) groups excluding carboxylic acids is 18. The molecule has 0 aromatic heterocycles. The van der Waals surface area contributed by atoms with Gasteiger partial charge in [-0.25, -0.2) is 4.79 Å². The van der Waals surface area contributed by atoms with Gasteiger partial charge in [0.1, 0.15) is 84.6 Å². The van der Waals surface area contributed by atoms with E-state index in [1.165, 1.54) is 20.8 Å². The summed E-state index contributed by atoms with van der Waals surface area (Å²) in [5.41, 5.74) is 38.2. The van der Waals surface area contributed by atoms with Crippen molar-refractivity contribution in [2.24, 2.45) is 62.9 Å². The molecule has 0 bridgehead atoms. The molecule has 18 amide bonds. The third-order valence-corrected chi connectivity index (χ3v) is 16.5. The van der Waals surface area contributed by atoms with Gasteiger partial charge in [-0.15, -0.1) is 0 Å². The van der Waals surface area contributed by atoms with Gasteiger partial charge in [-0.3, -0.25) is 96.1 Å². The van der Waals surface area contributed by atoms with Gasteiger partial charge >= 0.3 is 11.9 Å². The van der Waals surface area contributed by atoms with Gasteiger partial charge in [0.15, 0.2) is 12.0 Å². The Morgan fingerprint density at radius 2 is 0.570 bits per heavy atom. The van der Waals surface area contributed by atoms with E-state index in [1.54, 1.807) is 41.5 Å². The molecule has 33 N–H and O–H groups in total. The van der Waals surface area contributed by atoms with E-state index in [9.17, 15) is 121 Å². The Bertz CT molecular complexity index is 3440. The number of primary amides is 4. The van der Waals surface area contributed by atoms with Crippen molar-refractivity contribution in [3.05, 3.63) is 0 Å². The number of guanidine groups is 1. The van der Waals surface area contributed by atoms with E-state index in [-0.39, 0.29) is 44.6 Å². The molecule has 0 aromatic rings. The summed E-state index contributed by atoms with van der Waals surface area (Å²) in [4.78, 5) is 269. The first-order valence-corrected chi connectivity index (χ1v) is 36.4. The number of aliphatic carboxylic acids is 2. The summed E-state index contributed by atoms with van der Waals surface area (Å²) in [6.07, 6.45) is -11.1. The summed E-state index contributed by atoms with van der Waals surface area (Å²) in [7, 11) is 0. The van der Waals surface area contributed by atoms with Crippen LogP contribution < -0.4 is 115 Å². The van der Waals surface area contributed by atoms with Crippen LogP contribution in [0, 0.1) is 17.8 Å². The molecule has 0 heterocycles. The fourth-order valence-electron chi connectivity index (χ4n) is 10.4. The lowest BCUT2D eigenvalue weighted by molar-refractivity contribution is -0.145. The van der Waals surface area contributed by atoms with E-state index in [2.05, 4.69) is 79.4 Å². The van der Waals surface area contributed by atoms with E-state index in [1.807, 2.05) is 0 Å². The molecule has 0 saturated carbocycles. The quantitative estimate of drug-likeness (QED) is 0.0153. The topological polar surface area (TPSA) is 805 Å². The summed E-state index contributed by atoms with van der Waals surface area (Å²) < 4.78 is 0. The third kappa shape index (κ3) is 40.1. The first-order valence-electron chi connectivity index (χ1n) is 36.4. The fourth-order valence-corrected chi connectivity index (χ4v) is 10.4. The fraction of sp³-hybridized carbons (Fsp3) is 0.687. The SMILES string of the molecule is CC(C)C[C@H](NC(=O)[C@H](C)NC(=O)[C@H](CC(N)=O)NC(=O)[C@H](CC(N)=O)NC(=O)[C@H](CC(C)C)NC(=O)[C@H](CCC(=O)O)NC(=O)[C@@H](NC(=O)[C@H](C)NC(=O)[C@@H](N)[C@@H](C)O)[C@@H](C)O)C(=O)N[C@@H](CCC(N)=O)C(=O)N[C@@H](CC(N)=O)C(=O)N[C@@H](CC(C)C)C(=O)N[C@@H](C)C(=O)N[C@@H](CCCN=C(N)N)C(=O)N[C@H](C(=O)O)[C@@H](C)O. The Morgan fingerprint density at radius 3 is 0.904 bits per heavy atom. The minimum Gasteiger partial charge on any atom is -0.481 e.